The van der Waals surface area contributed by atoms with Gasteiger partial charge in [-0.3, -0.25) is 9.97 Å². The number of hydrogen-bond acceptors (Lipinski definition) is 6. The summed E-state index contributed by atoms with van der Waals surface area (Å²) in [7, 11) is 0. The molecule has 0 saturated carbocycles. The maximum Gasteiger partial charge on any atom is 0.573 e. The Labute approximate surface area is 165 Å². The maximum atomic E-state index is 12.3. The highest BCUT2D eigenvalue weighted by atomic mass is 19.4. The van der Waals surface area contributed by atoms with Crippen molar-refractivity contribution in [3.8, 4) is 17.0 Å². The monoisotopic (exact) mass is 401 g/mol. The molecule has 6 nitrogen and oxygen atoms in total. The third-order valence-electron chi connectivity index (χ3n) is 4.64. The molecule has 1 aliphatic rings. The second kappa shape index (κ2) is 7.94. The Balaban J connectivity index is 1.44. The zero-order valence-corrected chi connectivity index (χ0v) is 15.4. The molecule has 9 heteroatoms. The van der Waals surface area contributed by atoms with E-state index < -0.39 is 6.36 Å². The van der Waals surface area contributed by atoms with Crippen LogP contribution in [0.1, 0.15) is 0 Å². The molecule has 0 amide bonds. The Hall–Kier alpha value is -3.36. The first kappa shape index (κ1) is 19.0. The highest BCUT2D eigenvalue weighted by Gasteiger charge is 2.31. The molecule has 0 spiro atoms. The topological polar surface area (TPSA) is 54.4 Å². The smallest absolute Gasteiger partial charge is 0.406 e. The van der Waals surface area contributed by atoms with Gasteiger partial charge in [0.15, 0.2) is 0 Å². The standard InChI is InChI=1S/C20H18F3N5O/c21-20(22,23)29-17-3-1-15(2-4-17)18-13-25-14-19(26-18)28-11-9-27(10-12-28)16-5-7-24-8-6-16/h1-8,13-14H,9-12H2. The Morgan fingerprint density at radius 3 is 2.10 bits per heavy atom. The average Bonchev–Trinajstić information content (AvgIpc) is 2.74. The molecule has 1 aliphatic heterocycles. The SMILES string of the molecule is FC(F)(F)Oc1ccc(-c2cncc(N3CCN(c4ccncc4)CC3)n2)cc1. The third kappa shape index (κ3) is 4.74. The summed E-state index contributed by atoms with van der Waals surface area (Å²) in [5.74, 6) is 0.477. The summed E-state index contributed by atoms with van der Waals surface area (Å²) in [6.45, 7) is 3.27. The number of alkyl halides is 3. The number of aromatic nitrogens is 3. The predicted octanol–water partition coefficient (Wildman–Crippen LogP) is 3.76. The van der Waals surface area contributed by atoms with Crippen molar-refractivity contribution in [3.63, 3.8) is 0 Å². The van der Waals surface area contributed by atoms with Crippen LogP contribution >= 0.6 is 0 Å². The van der Waals surface area contributed by atoms with Crippen LogP contribution in [0.25, 0.3) is 11.3 Å². The van der Waals surface area contributed by atoms with Crippen LogP contribution in [-0.4, -0.2) is 47.5 Å². The Kier molecular flexibility index (Phi) is 5.20. The van der Waals surface area contributed by atoms with Crippen LogP contribution < -0.4 is 14.5 Å². The molecule has 3 aromatic rings. The molecule has 0 aliphatic carbocycles. The first-order valence-corrected chi connectivity index (χ1v) is 9.06. The fourth-order valence-corrected chi connectivity index (χ4v) is 3.22. The number of pyridine rings is 1. The number of halogens is 3. The second-order valence-corrected chi connectivity index (χ2v) is 6.51. The van der Waals surface area contributed by atoms with Gasteiger partial charge < -0.3 is 14.5 Å². The van der Waals surface area contributed by atoms with Gasteiger partial charge in [0.1, 0.15) is 11.6 Å². The van der Waals surface area contributed by atoms with Crippen molar-refractivity contribution in [2.75, 3.05) is 36.0 Å². The van der Waals surface area contributed by atoms with E-state index >= 15 is 0 Å². The van der Waals surface area contributed by atoms with Crippen LogP contribution in [-0.2, 0) is 0 Å². The van der Waals surface area contributed by atoms with Gasteiger partial charge in [-0.05, 0) is 36.4 Å². The van der Waals surface area contributed by atoms with E-state index in [2.05, 4.69) is 29.5 Å². The molecule has 1 fully saturated rings. The molecular formula is C20H18F3N5O. The summed E-state index contributed by atoms with van der Waals surface area (Å²) in [5, 5.41) is 0. The predicted molar refractivity (Wildman–Crippen MR) is 103 cm³/mol. The molecule has 4 rings (SSSR count). The van der Waals surface area contributed by atoms with Crippen LogP contribution in [0.15, 0.2) is 61.2 Å². The Morgan fingerprint density at radius 2 is 1.45 bits per heavy atom. The lowest BCUT2D eigenvalue weighted by atomic mass is 10.1. The number of nitrogens with zero attached hydrogens (tertiary/aromatic N) is 5. The van der Waals surface area contributed by atoms with Crippen molar-refractivity contribution < 1.29 is 17.9 Å². The zero-order valence-electron chi connectivity index (χ0n) is 15.4. The number of ether oxygens (including phenoxy) is 1. The lowest BCUT2D eigenvalue weighted by Gasteiger charge is -2.36. The van der Waals surface area contributed by atoms with E-state index in [0.717, 1.165) is 37.7 Å². The molecule has 0 bridgehead atoms. The first-order chi connectivity index (χ1) is 14.0. The molecule has 2 aromatic heterocycles. The van der Waals surface area contributed by atoms with Crippen molar-refractivity contribution in [1.82, 2.24) is 15.0 Å². The second-order valence-electron chi connectivity index (χ2n) is 6.51. The van der Waals surface area contributed by atoms with Crippen LogP contribution in [0.4, 0.5) is 24.7 Å². The molecule has 3 heterocycles. The summed E-state index contributed by atoms with van der Waals surface area (Å²) < 4.78 is 40.8. The highest BCUT2D eigenvalue weighted by molar-refractivity contribution is 5.61. The Bertz CT molecular complexity index is 942. The molecule has 0 unspecified atom stereocenters. The van der Waals surface area contributed by atoms with Gasteiger partial charge in [0.25, 0.3) is 0 Å². The zero-order chi connectivity index (χ0) is 20.3. The fourth-order valence-electron chi connectivity index (χ4n) is 3.22. The molecule has 1 saturated heterocycles. The summed E-state index contributed by atoms with van der Waals surface area (Å²) in [6, 6.07) is 9.59. The van der Waals surface area contributed by atoms with Gasteiger partial charge in [-0.25, -0.2) is 4.98 Å². The van der Waals surface area contributed by atoms with E-state index in [1.807, 2.05) is 12.1 Å². The van der Waals surface area contributed by atoms with Gasteiger partial charge in [0, 0.05) is 49.8 Å². The van der Waals surface area contributed by atoms with Gasteiger partial charge >= 0.3 is 6.36 Å². The van der Waals surface area contributed by atoms with Crippen LogP contribution in [0, 0.1) is 0 Å². The van der Waals surface area contributed by atoms with Crippen molar-refractivity contribution >= 4 is 11.5 Å². The number of piperazine rings is 1. The van der Waals surface area contributed by atoms with Gasteiger partial charge in [0.2, 0.25) is 0 Å². The summed E-state index contributed by atoms with van der Waals surface area (Å²) in [5.41, 5.74) is 2.41. The third-order valence-corrected chi connectivity index (χ3v) is 4.64. The summed E-state index contributed by atoms with van der Waals surface area (Å²) in [4.78, 5) is 17.4. The molecule has 0 atom stereocenters. The van der Waals surface area contributed by atoms with Crippen molar-refractivity contribution in [1.29, 1.82) is 0 Å². The van der Waals surface area contributed by atoms with E-state index in [0.29, 0.717) is 11.3 Å². The van der Waals surface area contributed by atoms with Gasteiger partial charge in [-0.2, -0.15) is 0 Å². The normalized spacial score (nSPS) is 14.7. The molecule has 0 radical (unpaired) electrons. The number of anilines is 2. The lowest BCUT2D eigenvalue weighted by molar-refractivity contribution is -0.274. The van der Waals surface area contributed by atoms with Crippen molar-refractivity contribution in [2.45, 2.75) is 6.36 Å². The van der Waals surface area contributed by atoms with Gasteiger partial charge in [0.05, 0.1) is 18.1 Å². The number of rotatable bonds is 4. The molecular weight excluding hydrogens is 383 g/mol. The minimum absolute atomic E-state index is 0.266. The van der Waals surface area contributed by atoms with E-state index in [1.54, 1.807) is 24.8 Å². The first-order valence-electron chi connectivity index (χ1n) is 9.06. The van der Waals surface area contributed by atoms with Gasteiger partial charge in [-0.15, -0.1) is 13.2 Å². The average molecular weight is 401 g/mol. The molecule has 0 N–H and O–H groups in total. The number of benzene rings is 1. The molecule has 29 heavy (non-hydrogen) atoms. The van der Waals surface area contributed by atoms with Crippen LogP contribution in [0.5, 0.6) is 5.75 Å². The maximum absolute atomic E-state index is 12.3. The number of hydrogen-bond donors (Lipinski definition) is 0. The van der Waals surface area contributed by atoms with Crippen LogP contribution in [0.3, 0.4) is 0 Å². The minimum atomic E-state index is -4.71. The van der Waals surface area contributed by atoms with Gasteiger partial charge in [-0.1, -0.05) is 0 Å². The quantitative estimate of drug-likeness (QED) is 0.664. The van der Waals surface area contributed by atoms with Crippen molar-refractivity contribution in [3.05, 3.63) is 61.2 Å². The Morgan fingerprint density at radius 1 is 0.793 bits per heavy atom. The molecule has 1 aromatic carbocycles. The summed E-state index contributed by atoms with van der Waals surface area (Å²) >= 11 is 0. The minimum Gasteiger partial charge on any atom is -0.406 e. The summed E-state index contributed by atoms with van der Waals surface area (Å²) in [6.07, 6.45) is 2.14. The van der Waals surface area contributed by atoms with Crippen LogP contribution in [0.2, 0.25) is 0 Å². The van der Waals surface area contributed by atoms with E-state index in [1.165, 1.54) is 24.3 Å². The van der Waals surface area contributed by atoms with E-state index in [9.17, 15) is 13.2 Å². The van der Waals surface area contributed by atoms with E-state index in [-0.39, 0.29) is 5.75 Å². The lowest BCUT2D eigenvalue weighted by Crippen LogP contribution is -2.46. The molecule has 150 valence electrons. The van der Waals surface area contributed by atoms with Crippen molar-refractivity contribution in [2.24, 2.45) is 0 Å². The fraction of sp³-hybridized carbons (Fsp3) is 0.250. The van der Waals surface area contributed by atoms with E-state index in [4.69, 9.17) is 0 Å². The largest absolute Gasteiger partial charge is 0.573 e. The highest BCUT2D eigenvalue weighted by Crippen LogP contribution is 2.26.